The van der Waals surface area contributed by atoms with Gasteiger partial charge in [0, 0.05) is 28.2 Å². The third-order valence-electron chi connectivity index (χ3n) is 13.9. The standard InChI is InChI=1S/C57H66N2.C2H6/c1-10-14-16-45-34-41(8)56(42(9)35-45)59(47-24-20-44(13-4)21-25-47)49-27-29-51-50-28-26-48(36-52(50)53-17-15-31-57(53,30-11-2)54(51)37-49)58(46-22-18-43(12-3)19-23-46)55-39(6)32-38(5)33-40(55)7;1-2/h18-29,32-37,53H,10-17,30-31H2,1-9H3;1-2H3/t53?,57-;/m0./s1. The van der Waals surface area contributed by atoms with Crippen molar-refractivity contribution in [3.8, 4) is 11.1 Å². The molecule has 0 spiro atoms. The second-order valence-electron chi connectivity index (χ2n) is 18.0. The van der Waals surface area contributed by atoms with Crippen LogP contribution in [0.25, 0.3) is 11.1 Å². The number of unbranched alkanes of at least 4 members (excludes halogenated alkanes) is 1. The molecule has 6 aromatic rings. The van der Waals surface area contributed by atoms with E-state index in [9.17, 15) is 0 Å². The molecular weight excluding hydrogens is 737 g/mol. The normalized spacial score (nSPS) is 16.3. The molecule has 0 aromatic heterocycles. The zero-order valence-electron chi connectivity index (χ0n) is 39.4. The van der Waals surface area contributed by atoms with E-state index in [2.05, 4.69) is 181 Å². The summed E-state index contributed by atoms with van der Waals surface area (Å²) in [5, 5.41) is 0. The molecule has 2 nitrogen and oxygen atoms in total. The monoisotopic (exact) mass is 809 g/mol. The summed E-state index contributed by atoms with van der Waals surface area (Å²) in [6.07, 6.45) is 11.8. The third kappa shape index (κ3) is 8.33. The molecule has 8 rings (SSSR count). The molecule has 0 saturated heterocycles. The van der Waals surface area contributed by atoms with Gasteiger partial charge in [-0.15, -0.1) is 0 Å². The first-order valence-electron chi connectivity index (χ1n) is 23.9. The molecule has 1 fully saturated rings. The largest absolute Gasteiger partial charge is 0.310 e. The van der Waals surface area contributed by atoms with Crippen LogP contribution in [0.3, 0.4) is 0 Å². The van der Waals surface area contributed by atoms with Crippen molar-refractivity contribution >= 4 is 34.1 Å². The lowest BCUT2D eigenvalue weighted by Crippen LogP contribution is -2.33. The molecule has 0 aliphatic heterocycles. The SMILES string of the molecule is CC.CCCCc1cc(C)c(N(c2ccc(CC)cc2)c2ccc3c(c2)[C@@]2(CCC)CCCC2c2cc(N(c4ccc(CC)cc4)c4c(C)cc(C)cc4C)ccc2-3)c(C)c1. The van der Waals surface area contributed by atoms with Gasteiger partial charge in [-0.05, 0) is 195 Å². The van der Waals surface area contributed by atoms with Crippen molar-refractivity contribution < 1.29 is 0 Å². The van der Waals surface area contributed by atoms with Crippen LogP contribution in [0.4, 0.5) is 34.1 Å². The van der Waals surface area contributed by atoms with E-state index in [1.54, 1.807) is 5.56 Å². The summed E-state index contributed by atoms with van der Waals surface area (Å²) in [5.41, 5.74) is 24.5. The van der Waals surface area contributed by atoms with Crippen molar-refractivity contribution in [1.82, 2.24) is 0 Å². The molecule has 6 aromatic carbocycles. The van der Waals surface area contributed by atoms with E-state index in [0.717, 1.165) is 19.3 Å². The molecule has 0 heterocycles. The van der Waals surface area contributed by atoms with Gasteiger partial charge in [-0.1, -0.05) is 127 Å². The predicted octanol–water partition coefficient (Wildman–Crippen LogP) is 17.6. The summed E-state index contributed by atoms with van der Waals surface area (Å²) in [5.74, 6) is 0.475. The molecule has 1 unspecified atom stereocenters. The van der Waals surface area contributed by atoms with Gasteiger partial charge in [0.15, 0.2) is 0 Å². The number of nitrogens with zero attached hydrogens (tertiary/aromatic N) is 2. The molecule has 0 amide bonds. The van der Waals surface area contributed by atoms with Crippen LogP contribution < -0.4 is 9.80 Å². The lowest BCUT2D eigenvalue weighted by molar-refractivity contribution is 0.353. The number of hydrogen-bond acceptors (Lipinski definition) is 2. The number of anilines is 6. The summed E-state index contributed by atoms with van der Waals surface area (Å²) >= 11 is 0. The third-order valence-corrected chi connectivity index (χ3v) is 13.9. The number of benzene rings is 6. The maximum absolute atomic E-state index is 2.62. The zero-order chi connectivity index (χ0) is 43.4. The number of aryl methyl sites for hydroxylation is 8. The average molecular weight is 809 g/mol. The topological polar surface area (TPSA) is 6.48 Å². The molecule has 2 heteroatoms. The first-order chi connectivity index (χ1) is 29.6. The quantitative estimate of drug-likeness (QED) is 0.115. The summed E-state index contributed by atoms with van der Waals surface area (Å²) in [7, 11) is 0. The first-order valence-corrected chi connectivity index (χ1v) is 23.9. The highest BCUT2D eigenvalue weighted by Gasteiger charge is 2.49. The fourth-order valence-corrected chi connectivity index (χ4v) is 11.3. The van der Waals surface area contributed by atoms with Crippen LogP contribution >= 0.6 is 0 Å². The molecule has 318 valence electrons. The minimum absolute atomic E-state index is 0.0981. The van der Waals surface area contributed by atoms with E-state index < -0.39 is 0 Å². The number of rotatable bonds is 13. The molecule has 2 atom stereocenters. The van der Waals surface area contributed by atoms with Gasteiger partial charge in [-0.3, -0.25) is 0 Å². The van der Waals surface area contributed by atoms with E-state index in [0.29, 0.717) is 5.92 Å². The second-order valence-corrected chi connectivity index (χ2v) is 18.0. The van der Waals surface area contributed by atoms with Gasteiger partial charge >= 0.3 is 0 Å². The lowest BCUT2D eigenvalue weighted by atomic mass is 9.60. The molecule has 61 heavy (non-hydrogen) atoms. The Balaban J connectivity index is 0.00000277. The first kappa shape index (κ1) is 44.0. The Morgan fingerprint density at radius 2 is 1.02 bits per heavy atom. The van der Waals surface area contributed by atoms with Gasteiger partial charge < -0.3 is 9.80 Å². The Morgan fingerprint density at radius 3 is 1.52 bits per heavy atom. The Hall–Kier alpha value is -5.08. The highest BCUT2D eigenvalue weighted by molar-refractivity contribution is 5.88. The summed E-state index contributed by atoms with van der Waals surface area (Å²) in [4.78, 5) is 5.11. The number of fused-ring (bicyclic) bond motifs is 6. The molecule has 2 aliphatic rings. The van der Waals surface area contributed by atoms with E-state index >= 15 is 0 Å². The van der Waals surface area contributed by atoms with Crippen LogP contribution in [0.15, 0.2) is 109 Å². The highest BCUT2D eigenvalue weighted by Crippen LogP contribution is 2.62. The Bertz CT molecular complexity index is 2410. The predicted molar refractivity (Wildman–Crippen MR) is 267 cm³/mol. The van der Waals surface area contributed by atoms with Crippen LogP contribution in [-0.2, 0) is 24.7 Å². The number of hydrogen-bond donors (Lipinski definition) is 0. The molecule has 0 radical (unpaired) electrons. The van der Waals surface area contributed by atoms with E-state index in [-0.39, 0.29) is 5.41 Å². The van der Waals surface area contributed by atoms with Crippen molar-refractivity contribution in [3.63, 3.8) is 0 Å². The fraction of sp³-hybridized carbons (Fsp3) is 0.390. The van der Waals surface area contributed by atoms with Crippen LogP contribution in [0.1, 0.15) is 148 Å². The van der Waals surface area contributed by atoms with E-state index in [1.807, 2.05) is 13.8 Å². The van der Waals surface area contributed by atoms with Gasteiger partial charge in [0.2, 0.25) is 0 Å². The molecule has 0 N–H and O–H groups in total. The summed E-state index contributed by atoms with van der Waals surface area (Å²) in [6.45, 7) is 24.6. The van der Waals surface area contributed by atoms with Gasteiger partial charge in [0.05, 0.1) is 11.4 Å². The van der Waals surface area contributed by atoms with Gasteiger partial charge in [-0.2, -0.15) is 0 Å². The van der Waals surface area contributed by atoms with Gasteiger partial charge in [-0.25, -0.2) is 0 Å². The van der Waals surface area contributed by atoms with Crippen molar-refractivity contribution in [1.29, 1.82) is 0 Å². The second kappa shape index (κ2) is 18.9. The molecule has 2 aliphatic carbocycles. The van der Waals surface area contributed by atoms with Crippen molar-refractivity contribution in [2.75, 3.05) is 9.80 Å². The smallest absolute Gasteiger partial charge is 0.0520 e. The van der Waals surface area contributed by atoms with E-state index in [1.165, 1.54) is 140 Å². The summed E-state index contributed by atoms with van der Waals surface area (Å²) in [6, 6.07) is 43.2. The van der Waals surface area contributed by atoms with Crippen LogP contribution in [0.2, 0.25) is 0 Å². The minimum Gasteiger partial charge on any atom is -0.310 e. The van der Waals surface area contributed by atoms with Crippen LogP contribution in [0.5, 0.6) is 0 Å². The molecule has 0 bridgehead atoms. The maximum Gasteiger partial charge on any atom is 0.0520 e. The van der Waals surface area contributed by atoms with E-state index in [4.69, 9.17) is 0 Å². The summed E-state index contributed by atoms with van der Waals surface area (Å²) < 4.78 is 0. The zero-order valence-corrected chi connectivity index (χ0v) is 39.4. The van der Waals surface area contributed by atoms with Crippen molar-refractivity contribution in [2.45, 2.75) is 152 Å². The van der Waals surface area contributed by atoms with Crippen LogP contribution in [-0.4, -0.2) is 0 Å². The van der Waals surface area contributed by atoms with Gasteiger partial charge in [0.1, 0.15) is 0 Å². The van der Waals surface area contributed by atoms with Crippen molar-refractivity contribution in [3.05, 3.63) is 165 Å². The molecular formula is C59H72N2. The van der Waals surface area contributed by atoms with Crippen molar-refractivity contribution in [2.24, 2.45) is 0 Å². The average Bonchev–Trinajstić information content (AvgIpc) is 3.71. The Kier molecular flexibility index (Phi) is 13.6. The Morgan fingerprint density at radius 1 is 0.525 bits per heavy atom. The Labute approximate surface area is 370 Å². The van der Waals surface area contributed by atoms with Crippen LogP contribution in [0, 0.1) is 34.6 Å². The lowest BCUT2D eigenvalue weighted by Gasteiger charge is -2.44. The van der Waals surface area contributed by atoms with Gasteiger partial charge in [0.25, 0.3) is 0 Å². The minimum atomic E-state index is 0.0981. The fourth-order valence-electron chi connectivity index (χ4n) is 11.3. The molecule has 1 saturated carbocycles. The maximum atomic E-state index is 2.62. The highest BCUT2D eigenvalue weighted by atomic mass is 15.2.